The monoisotopic (exact) mass is 568 g/mol. The zero-order valence-electron chi connectivity index (χ0n) is 16.7. The summed E-state index contributed by atoms with van der Waals surface area (Å²) in [5, 5.41) is 2.26. The van der Waals surface area contributed by atoms with E-state index < -0.39 is 0 Å². The van der Waals surface area contributed by atoms with Crippen molar-refractivity contribution in [2.24, 2.45) is 0 Å². The van der Waals surface area contributed by atoms with Crippen molar-refractivity contribution in [1.29, 1.82) is 0 Å². The molecule has 0 N–H and O–H groups in total. The van der Waals surface area contributed by atoms with Gasteiger partial charge in [-0.15, -0.1) is 0 Å². The number of hydrogen-bond acceptors (Lipinski definition) is 0. The first-order chi connectivity index (χ1) is 13.7. The SMILES string of the molecule is BrCCCCCCC1(CCCCCCBr)c2ccccc2-c2cccc(Br)c21. The lowest BCUT2D eigenvalue weighted by molar-refractivity contribution is 0.400. The van der Waals surface area contributed by atoms with Gasteiger partial charge in [0.05, 0.1) is 0 Å². The van der Waals surface area contributed by atoms with Gasteiger partial charge in [0.25, 0.3) is 0 Å². The fourth-order valence-corrected chi connectivity index (χ4v) is 6.44. The van der Waals surface area contributed by atoms with Crippen LogP contribution >= 0.6 is 47.8 Å². The summed E-state index contributed by atoms with van der Waals surface area (Å²) in [5.41, 5.74) is 6.20. The molecule has 2 aromatic rings. The van der Waals surface area contributed by atoms with E-state index in [2.05, 4.69) is 90.3 Å². The summed E-state index contributed by atoms with van der Waals surface area (Å²) in [7, 11) is 0. The summed E-state index contributed by atoms with van der Waals surface area (Å²) in [6, 6.07) is 15.9. The number of unbranched alkanes of at least 4 members (excludes halogenated alkanes) is 6. The molecule has 0 spiro atoms. The second-order valence-corrected chi connectivity index (χ2v) is 10.4. The summed E-state index contributed by atoms with van der Waals surface area (Å²) in [5.74, 6) is 0. The van der Waals surface area contributed by atoms with Crippen molar-refractivity contribution in [3.63, 3.8) is 0 Å². The molecule has 0 aromatic heterocycles. The highest BCUT2D eigenvalue weighted by molar-refractivity contribution is 9.10. The molecule has 0 saturated carbocycles. The summed E-state index contributed by atoms with van der Waals surface area (Å²) in [6.45, 7) is 0. The molecule has 1 aliphatic carbocycles. The highest BCUT2D eigenvalue weighted by Crippen LogP contribution is 2.56. The van der Waals surface area contributed by atoms with Crippen molar-refractivity contribution in [3.8, 4) is 11.1 Å². The van der Waals surface area contributed by atoms with Crippen LogP contribution in [0.15, 0.2) is 46.9 Å². The third kappa shape index (κ3) is 4.95. The van der Waals surface area contributed by atoms with Crippen LogP contribution in [0.25, 0.3) is 11.1 Å². The minimum atomic E-state index is 0.175. The highest BCUT2D eigenvalue weighted by Gasteiger charge is 2.43. The third-order valence-corrected chi connectivity index (χ3v) is 7.98. The zero-order valence-corrected chi connectivity index (χ0v) is 21.4. The molecule has 3 heteroatoms. The van der Waals surface area contributed by atoms with Gasteiger partial charge in [0.15, 0.2) is 0 Å². The van der Waals surface area contributed by atoms with E-state index in [1.165, 1.54) is 79.8 Å². The first kappa shape index (κ1) is 22.6. The van der Waals surface area contributed by atoms with Crippen LogP contribution in [0.1, 0.15) is 75.3 Å². The van der Waals surface area contributed by atoms with Crippen LogP contribution in [-0.4, -0.2) is 10.7 Å². The molecule has 0 unspecified atom stereocenters. The van der Waals surface area contributed by atoms with E-state index in [4.69, 9.17) is 0 Å². The first-order valence-electron chi connectivity index (χ1n) is 10.8. The Morgan fingerprint density at radius 3 is 1.82 bits per heavy atom. The van der Waals surface area contributed by atoms with Crippen LogP contribution in [0.3, 0.4) is 0 Å². The number of rotatable bonds is 12. The lowest BCUT2D eigenvalue weighted by atomic mass is 9.70. The van der Waals surface area contributed by atoms with Gasteiger partial charge in [0, 0.05) is 20.5 Å². The third-order valence-electron chi connectivity index (χ3n) is 6.20. The quantitative estimate of drug-likeness (QED) is 0.176. The van der Waals surface area contributed by atoms with Crippen LogP contribution in [0.2, 0.25) is 0 Å². The maximum atomic E-state index is 3.94. The summed E-state index contributed by atoms with van der Waals surface area (Å²) in [6.07, 6.45) is 13.0. The van der Waals surface area contributed by atoms with E-state index in [1.54, 1.807) is 11.1 Å². The number of alkyl halides is 2. The van der Waals surface area contributed by atoms with E-state index in [9.17, 15) is 0 Å². The van der Waals surface area contributed by atoms with Gasteiger partial charge < -0.3 is 0 Å². The molecule has 3 rings (SSSR count). The molecule has 0 atom stereocenters. The normalized spacial score (nSPS) is 14.1. The average Bonchev–Trinajstić information content (AvgIpc) is 3.00. The van der Waals surface area contributed by atoms with E-state index in [-0.39, 0.29) is 5.41 Å². The Morgan fingerprint density at radius 1 is 0.607 bits per heavy atom. The van der Waals surface area contributed by atoms with Crippen LogP contribution in [0, 0.1) is 0 Å². The first-order valence-corrected chi connectivity index (χ1v) is 13.8. The molecule has 0 amide bonds. The second-order valence-electron chi connectivity index (χ2n) is 8.00. The molecule has 0 saturated heterocycles. The minimum absolute atomic E-state index is 0.175. The van der Waals surface area contributed by atoms with Gasteiger partial charge >= 0.3 is 0 Å². The van der Waals surface area contributed by atoms with E-state index in [0.29, 0.717) is 0 Å². The van der Waals surface area contributed by atoms with Crippen LogP contribution in [0.5, 0.6) is 0 Å². The average molecular weight is 571 g/mol. The van der Waals surface area contributed by atoms with Gasteiger partial charge in [-0.1, -0.05) is 123 Å². The molecule has 0 heterocycles. The molecular formula is C25H31Br3. The van der Waals surface area contributed by atoms with Crippen LogP contribution in [0.4, 0.5) is 0 Å². The Kier molecular flexibility index (Phi) is 9.12. The predicted octanol–water partition coefficient (Wildman–Crippen LogP) is 9.41. The Balaban J connectivity index is 1.90. The molecular weight excluding hydrogens is 540 g/mol. The molecule has 0 aliphatic heterocycles. The van der Waals surface area contributed by atoms with Crippen molar-refractivity contribution in [3.05, 3.63) is 58.1 Å². The molecule has 2 aromatic carbocycles. The smallest absolute Gasteiger partial charge is 0.0226 e. The Hall–Kier alpha value is -0.120. The number of benzene rings is 2. The predicted molar refractivity (Wildman–Crippen MR) is 134 cm³/mol. The Labute approximate surface area is 196 Å². The molecule has 0 radical (unpaired) electrons. The topological polar surface area (TPSA) is 0 Å². The minimum Gasteiger partial charge on any atom is -0.0928 e. The Bertz CT molecular complexity index is 739. The van der Waals surface area contributed by atoms with Crippen molar-refractivity contribution < 1.29 is 0 Å². The summed E-state index contributed by atoms with van der Waals surface area (Å²) in [4.78, 5) is 0. The highest BCUT2D eigenvalue weighted by atomic mass is 79.9. The number of halogens is 3. The van der Waals surface area contributed by atoms with Gasteiger partial charge in [-0.3, -0.25) is 0 Å². The molecule has 28 heavy (non-hydrogen) atoms. The molecule has 0 nitrogen and oxygen atoms in total. The molecule has 0 bridgehead atoms. The molecule has 1 aliphatic rings. The summed E-state index contributed by atoms with van der Waals surface area (Å²) >= 11 is 11.1. The lowest BCUT2D eigenvalue weighted by Gasteiger charge is -2.33. The standard InChI is InChI=1S/C25H31Br3/c26-18-9-3-1-7-16-25(17-8-2-4-10-19-27)22-14-6-5-12-20(22)21-13-11-15-23(28)24(21)25/h5-6,11-15H,1-4,7-10,16-19H2. The van der Waals surface area contributed by atoms with Crippen molar-refractivity contribution in [1.82, 2.24) is 0 Å². The van der Waals surface area contributed by atoms with Gasteiger partial charge in [-0.2, -0.15) is 0 Å². The van der Waals surface area contributed by atoms with Gasteiger partial charge in [0.1, 0.15) is 0 Å². The van der Waals surface area contributed by atoms with Crippen molar-refractivity contribution >= 4 is 47.8 Å². The van der Waals surface area contributed by atoms with E-state index in [1.807, 2.05) is 0 Å². The summed E-state index contributed by atoms with van der Waals surface area (Å²) < 4.78 is 1.29. The fourth-order valence-electron chi connectivity index (χ4n) is 4.90. The van der Waals surface area contributed by atoms with Gasteiger partial charge in [0.2, 0.25) is 0 Å². The number of hydrogen-bond donors (Lipinski definition) is 0. The zero-order chi connectivity index (χ0) is 19.8. The van der Waals surface area contributed by atoms with E-state index >= 15 is 0 Å². The van der Waals surface area contributed by atoms with Gasteiger partial charge in [-0.05, 0) is 54.0 Å². The fraction of sp³-hybridized carbons (Fsp3) is 0.520. The Morgan fingerprint density at radius 2 is 1.18 bits per heavy atom. The van der Waals surface area contributed by atoms with Crippen LogP contribution < -0.4 is 0 Å². The van der Waals surface area contributed by atoms with Crippen LogP contribution in [-0.2, 0) is 5.41 Å². The largest absolute Gasteiger partial charge is 0.0928 e. The van der Waals surface area contributed by atoms with Crippen molar-refractivity contribution in [2.45, 2.75) is 69.6 Å². The maximum absolute atomic E-state index is 3.94. The number of fused-ring (bicyclic) bond motifs is 3. The molecule has 0 fully saturated rings. The molecule has 152 valence electrons. The van der Waals surface area contributed by atoms with Crippen molar-refractivity contribution in [2.75, 3.05) is 10.7 Å². The van der Waals surface area contributed by atoms with E-state index in [0.717, 1.165) is 10.7 Å². The lowest BCUT2D eigenvalue weighted by Crippen LogP contribution is -2.26. The second kappa shape index (κ2) is 11.3. The maximum Gasteiger partial charge on any atom is 0.0226 e. The van der Waals surface area contributed by atoms with Gasteiger partial charge in [-0.25, -0.2) is 0 Å².